The number of hydrogen-bond donors (Lipinski definition) is 1. The highest BCUT2D eigenvalue weighted by molar-refractivity contribution is 7.92. The summed E-state index contributed by atoms with van der Waals surface area (Å²) in [7, 11) is -4.76. The highest BCUT2D eigenvalue weighted by Crippen LogP contribution is 2.38. The van der Waals surface area contributed by atoms with E-state index < -0.39 is 38.4 Å². The topological polar surface area (TPSA) is 64.6 Å². The van der Waals surface area contributed by atoms with Crippen LogP contribution in [0.2, 0.25) is 0 Å². The first kappa shape index (κ1) is 21.1. The molecule has 158 valence electrons. The molecule has 3 rings (SSSR count). The van der Waals surface area contributed by atoms with Gasteiger partial charge in [-0.15, -0.1) is 0 Å². The van der Waals surface area contributed by atoms with Gasteiger partial charge in [0.25, 0.3) is 10.0 Å². The third kappa shape index (κ3) is 4.86. The molecule has 0 aromatic heterocycles. The van der Waals surface area contributed by atoms with Crippen LogP contribution < -0.4 is 14.2 Å². The zero-order valence-electron chi connectivity index (χ0n) is 14.4. The van der Waals surface area contributed by atoms with Gasteiger partial charge in [0.05, 0.1) is 34.9 Å². The SMILES string of the molecule is O=S(=O)(Nc1ccc2c(c1)OCCCO2)c1cc(C(F)(F)F)cc(C(F)(F)F)c1. The van der Waals surface area contributed by atoms with E-state index >= 15 is 0 Å². The van der Waals surface area contributed by atoms with Crippen LogP contribution in [0.25, 0.3) is 0 Å². The maximum absolute atomic E-state index is 13.0. The predicted molar refractivity (Wildman–Crippen MR) is 89.3 cm³/mol. The minimum atomic E-state index is -5.17. The summed E-state index contributed by atoms with van der Waals surface area (Å²) in [5.74, 6) is 0.534. The summed E-state index contributed by atoms with van der Waals surface area (Å²) >= 11 is 0. The normalized spacial score (nSPS) is 15.0. The van der Waals surface area contributed by atoms with Crippen LogP contribution in [0.4, 0.5) is 32.0 Å². The third-order valence-corrected chi connectivity index (χ3v) is 5.23. The Bertz CT molecular complexity index is 985. The first-order valence-corrected chi connectivity index (χ1v) is 9.56. The molecule has 0 atom stereocenters. The van der Waals surface area contributed by atoms with E-state index in [1.54, 1.807) is 0 Å². The summed E-state index contributed by atoms with van der Waals surface area (Å²) in [4.78, 5) is -1.17. The number of alkyl halides is 6. The van der Waals surface area contributed by atoms with Gasteiger partial charge >= 0.3 is 12.4 Å². The molecule has 0 radical (unpaired) electrons. The van der Waals surface area contributed by atoms with Gasteiger partial charge in [-0.1, -0.05) is 0 Å². The molecule has 1 heterocycles. The number of benzene rings is 2. The summed E-state index contributed by atoms with van der Waals surface area (Å²) in [6.07, 6.45) is -9.75. The first-order valence-electron chi connectivity index (χ1n) is 8.08. The lowest BCUT2D eigenvalue weighted by molar-refractivity contribution is -0.143. The second-order valence-corrected chi connectivity index (χ2v) is 7.74. The number of sulfonamides is 1. The fraction of sp³-hybridized carbons (Fsp3) is 0.294. The molecule has 0 fully saturated rings. The van der Waals surface area contributed by atoms with Crippen LogP contribution in [0.1, 0.15) is 17.5 Å². The van der Waals surface area contributed by atoms with E-state index in [1.165, 1.54) is 18.2 Å². The van der Waals surface area contributed by atoms with E-state index in [2.05, 4.69) is 0 Å². The second kappa shape index (κ2) is 7.32. The van der Waals surface area contributed by atoms with Crippen LogP contribution in [0.15, 0.2) is 41.3 Å². The van der Waals surface area contributed by atoms with Crippen LogP contribution in [0, 0.1) is 0 Å². The molecule has 0 unspecified atom stereocenters. The van der Waals surface area contributed by atoms with Crippen LogP contribution in [0.5, 0.6) is 11.5 Å². The van der Waals surface area contributed by atoms with Crippen molar-refractivity contribution in [2.45, 2.75) is 23.7 Å². The minimum absolute atomic E-state index is 0.111. The zero-order valence-corrected chi connectivity index (χ0v) is 15.2. The predicted octanol–water partition coefficient (Wildman–Crippen LogP) is 4.69. The van der Waals surface area contributed by atoms with Crippen molar-refractivity contribution in [2.75, 3.05) is 17.9 Å². The smallest absolute Gasteiger partial charge is 0.416 e. The highest BCUT2D eigenvalue weighted by Gasteiger charge is 2.38. The van der Waals surface area contributed by atoms with Gasteiger partial charge in [-0.25, -0.2) is 8.42 Å². The van der Waals surface area contributed by atoms with Gasteiger partial charge in [0, 0.05) is 12.5 Å². The Morgan fingerprint density at radius 2 is 1.34 bits per heavy atom. The molecule has 0 spiro atoms. The average molecular weight is 441 g/mol. The molecular formula is C17H13F6NO4S. The Morgan fingerprint density at radius 3 is 1.90 bits per heavy atom. The Morgan fingerprint density at radius 1 is 0.793 bits per heavy atom. The molecule has 2 aromatic carbocycles. The summed E-state index contributed by atoms with van der Waals surface area (Å²) < 4.78 is 115. The molecule has 1 aliphatic heterocycles. The molecule has 0 bridgehead atoms. The Balaban J connectivity index is 2.00. The minimum Gasteiger partial charge on any atom is -0.490 e. The molecule has 0 amide bonds. The molecule has 0 saturated heterocycles. The summed E-state index contributed by atoms with van der Waals surface area (Å²) in [6.45, 7) is 0.675. The summed E-state index contributed by atoms with van der Waals surface area (Å²) in [6, 6.07) is 4.00. The molecule has 12 heteroatoms. The van der Waals surface area contributed by atoms with Crippen LogP contribution >= 0.6 is 0 Å². The van der Waals surface area contributed by atoms with E-state index in [-0.39, 0.29) is 29.6 Å². The monoisotopic (exact) mass is 441 g/mol. The quantitative estimate of drug-likeness (QED) is 0.703. The van der Waals surface area contributed by atoms with E-state index in [9.17, 15) is 34.8 Å². The number of rotatable bonds is 3. The second-order valence-electron chi connectivity index (χ2n) is 6.06. The van der Waals surface area contributed by atoms with Gasteiger partial charge in [-0.3, -0.25) is 4.72 Å². The average Bonchev–Trinajstić information content (AvgIpc) is 2.84. The standard InChI is InChI=1S/C17H13F6NO4S/c18-16(19,20)10-6-11(17(21,22)23)8-13(7-10)29(25,26)24-12-2-3-14-15(9-12)28-5-1-4-27-14/h2-3,6-9,24H,1,4-5H2. The van der Waals surface area contributed by atoms with Gasteiger partial charge < -0.3 is 9.47 Å². The van der Waals surface area contributed by atoms with Crippen molar-refractivity contribution in [3.05, 3.63) is 47.5 Å². The van der Waals surface area contributed by atoms with Crippen molar-refractivity contribution in [1.29, 1.82) is 0 Å². The number of nitrogens with one attached hydrogen (secondary N) is 1. The van der Waals surface area contributed by atoms with E-state index in [4.69, 9.17) is 9.47 Å². The van der Waals surface area contributed by atoms with Gasteiger partial charge in [-0.2, -0.15) is 26.3 Å². The number of fused-ring (bicyclic) bond motifs is 1. The fourth-order valence-electron chi connectivity index (χ4n) is 2.52. The van der Waals surface area contributed by atoms with E-state index in [0.29, 0.717) is 25.4 Å². The molecule has 1 aliphatic rings. The van der Waals surface area contributed by atoms with Crippen molar-refractivity contribution in [2.24, 2.45) is 0 Å². The first-order chi connectivity index (χ1) is 13.4. The van der Waals surface area contributed by atoms with Crippen LogP contribution in [-0.2, 0) is 22.4 Å². The van der Waals surface area contributed by atoms with E-state index in [1.807, 2.05) is 4.72 Å². The fourth-order valence-corrected chi connectivity index (χ4v) is 3.64. The molecule has 2 aromatic rings. The van der Waals surface area contributed by atoms with Gasteiger partial charge in [0.2, 0.25) is 0 Å². The van der Waals surface area contributed by atoms with Crippen molar-refractivity contribution in [3.8, 4) is 11.5 Å². The molecular weight excluding hydrogens is 428 g/mol. The van der Waals surface area contributed by atoms with Gasteiger partial charge in [0.15, 0.2) is 11.5 Å². The Labute approximate surface area is 161 Å². The lowest BCUT2D eigenvalue weighted by atomic mass is 10.1. The number of ether oxygens (including phenoxy) is 2. The van der Waals surface area contributed by atoms with Gasteiger partial charge in [-0.05, 0) is 30.3 Å². The molecule has 1 N–H and O–H groups in total. The van der Waals surface area contributed by atoms with Crippen molar-refractivity contribution < 1.29 is 44.2 Å². The summed E-state index contributed by atoms with van der Waals surface area (Å²) in [5.41, 5.74) is -3.57. The largest absolute Gasteiger partial charge is 0.490 e. The lowest BCUT2D eigenvalue weighted by Crippen LogP contribution is -2.17. The van der Waals surface area contributed by atoms with Crippen LogP contribution in [0.3, 0.4) is 0 Å². The number of anilines is 1. The molecule has 0 aliphatic carbocycles. The van der Waals surface area contributed by atoms with E-state index in [0.717, 1.165) is 0 Å². The molecule has 29 heavy (non-hydrogen) atoms. The molecule has 5 nitrogen and oxygen atoms in total. The Kier molecular flexibility index (Phi) is 5.32. The van der Waals surface area contributed by atoms with Crippen molar-refractivity contribution in [3.63, 3.8) is 0 Å². The third-order valence-electron chi connectivity index (χ3n) is 3.87. The maximum atomic E-state index is 13.0. The molecule has 0 saturated carbocycles. The lowest BCUT2D eigenvalue weighted by Gasteiger charge is -2.15. The van der Waals surface area contributed by atoms with Crippen LogP contribution in [-0.4, -0.2) is 21.6 Å². The number of halogens is 6. The highest BCUT2D eigenvalue weighted by atomic mass is 32.2. The van der Waals surface area contributed by atoms with Gasteiger partial charge in [0.1, 0.15) is 0 Å². The van der Waals surface area contributed by atoms with Crippen molar-refractivity contribution in [1.82, 2.24) is 0 Å². The maximum Gasteiger partial charge on any atom is 0.416 e. The number of hydrogen-bond acceptors (Lipinski definition) is 4. The Hall–Kier alpha value is -2.63. The summed E-state index contributed by atoms with van der Waals surface area (Å²) in [5, 5.41) is 0. The zero-order chi connectivity index (χ0) is 21.4. The van der Waals surface area contributed by atoms with Crippen molar-refractivity contribution >= 4 is 15.7 Å².